The highest BCUT2D eigenvalue weighted by Crippen LogP contribution is 2.30. The number of aromatic nitrogens is 3. The number of hydrogen-bond donors (Lipinski definition) is 0. The largest absolute Gasteiger partial charge is 0.416 e. The number of fused-ring (bicyclic) bond motifs is 1. The van der Waals surface area contributed by atoms with Crippen LogP contribution in [0.5, 0.6) is 0 Å². The molecule has 0 aliphatic rings. The first-order chi connectivity index (χ1) is 8.17. The van der Waals surface area contributed by atoms with Gasteiger partial charge >= 0.3 is 16.3 Å². The molecule has 0 bridgehead atoms. The molecule has 0 saturated heterocycles. The molecule has 0 atom stereocenters. The first-order valence-electron chi connectivity index (χ1n) is 4.49. The molecule has 0 aliphatic carbocycles. The van der Waals surface area contributed by atoms with Gasteiger partial charge in [-0.15, -0.1) is 5.10 Å². The summed E-state index contributed by atoms with van der Waals surface area (Å²) in [5.41, 5.74) is -1.04. The summed E-state index contributed by atoms with van der Waals surface area (Å²) in [6, 6.07) is 2.61. The van der Waals surface area contributed by atoms with Gasteiger partial charge in [0.15, 0.2) is 0 Å². The molecule has 0 saturated carbocycles. The third-order valence-electron chi connectivity index (χ3n) is 1.95. The maximum atomic E-state index is 12.5. The fourth-order valence-electron chi connectivity index (χ4n) is 1.26. The lowest BCUT2D eigenvalue weighted by Gasteiger charge is -2.06. The van der Waals surface area contributed by atoms with Crippen LogP contribution in [0.1, 0.15) is 5.56 Å². The van der Waals surface area contributed by atoms with E-state index in [4.69, 9.17) is 0 Å². The van der Waals surface area contributed by atoms with Crippen molar-refractivity contribution in [2.24, 2.45) is 0 Å². The second-order valence-electron chi connectivity index (χ2n) is 3.44. The quantitative estimate of drug-likeness (QED) is 0.815. The van der Waals surface area contributed by atoms with Crippen LogP contribution in [-0.4, -0.2) is 29.8 Å². The number of halogens is 3. The topological polar surface area (TPSA) is 74.1 Å². The Hall–Kier alpha value is -1.84. The average Bonchev–Trinajstić information content (AvgIpc) is 2.57. The van der Waals surface area contributed by atoms with Crippen molar-refractivity contribution in [3.63, 3.8) is 0 Å². The van der Waals surface area contributed by atoms with Gasteiger partial charge in [0.2, 0.25) is 0 Å². The van der Waals surface area contributed by atoms with Crippen molar-refractivity contribution in [3.8, 4) is 0 Å². The normalized spacial score (nSPS) is 12.9. The Morgan fingerprint density at radius 3 is 2.56 bits per heavy atom. The number of hydrogen-bond acceptors (Lipinski definition) is 5. The molecule has 0 spiro atoms. The zero-order chi connectivity index (χ0) is 13.6. The minimum atomic E-state index is -4.55. The Bertz CT molecular complexity index is 692. The van der Waals surface area contributed by atoms with E-state index in [-0.39, 0.29) is 11.0 Å². The zero-order valence-corrected chi connectivity index (χ0v) is 9.66. The molecule has 2 aromatic rings. The fourth-order valence-corrected chi connectivity index (χ4v) is 1.62. The van der Waals surface area contributed by atoms with Gasteiger partial charge in [-0.2, -0.15) is 21.6 Å². The third-order valence-corrected chi connectivity index (χ3v) is 2.36. The molecule has 1 heterocycles. The minimum Gasteiger partial charge on any atom is -0.268 e. The molecule has 10 heteroatoms. The summed E-state index contributed by atoms with van der Waals surface area (Å²) in [4.78, 5) is 0.430. The van der Waals surface area contributed by atoms with E-state index in [0.717, 1.165) is 18.4 Å². The van der Waals surface area contributed by atoms with E-state index in [1.54, 1.807) is 0 Å². The van der Waals surface area contributed by atoms with Crippen molar-refractivity contribution in [3.05, 3.63) is 23.8 Å². The molecular weight excluding hydrogens is 275 g/mol. The molecule has 1 aromatic heterocycles. The zero-order valence-electron chi connectivity index (χ0n) is 8.84. The highest BCUT2D eigenvalue weighted by Gasteiger charge is 2.31. The predicted octanol–water partition coefficient (Wildman–Crippen LogP) is 0.838. The van der Waals surface area contributed by atoms with E-state index in [1.165, 1.54) is 0 Å². The number of alkyl halides is 3. The molecule has 98 valence electrons. The second-order valence-corrected chi connectivity index (χ2v) is 5.00. The smallest absolute Gasteiger partial charge is 0.268 e. The van der Waals surface area contributed by atoms with Gasteiger partial charge in [-0.05, 0) is 23.4 Å². The van der Waals surface area contributed by atoms with Crippen LogP contribution < -0.4 is 4.28 Å². The molecular formula is C8H6F3N3O3S. The van der Waals surface area contributed by atoms with Crippen molar-refractivity contribution < 1.29 is 25.9 Å². The van der Waals surface area contributed by atoms with E-state index in [2.05, 4.69) is 14.6 Å². The molecule has 18 heavy (non-hydrogen) atoms. The van der Waals surface area contributed by atoms with Gasteiger partial charge in [0.25, 0.3) is 0 Å². The Morgan fingerprint density at radius 1 is 1.33 bits per heavy atom. The molecule has 1 aromatic carbocycles. The molecule has 6 nitrogen and oxygen atoms in total. The molecule has 0 aliphatic heterocycles. The average molecular weight is 281 g/mol. The Balaban J connectivity index is 2.57. The van der Waals surface area contributed by atoms with Crippen molar-refractivity contribution in [2.45, 2.75) is 6.18 Å². The molecule has 0 unspecified atom stereocenters. The predicted molar refractivity (Wildman–Crippen MR) is 54.0 cm³/mol. The number of benzene rings is 1. The van der Waals surface area contributed by atoms with Gasteiger partial charge in [-0.1, -0.05) is 4.85 Å². The fraction of sp³-hybridized carbons (Fsp3) is 0.250. The SMILES string of the molecule is CS(=O)(=O)On1nnc2ccc(C(F)(F)F)cc21. The Labute approximate surface area is 99.0 Å². The third kappa shape index (κ3) is 2.53. The van der Waals surface area contributed by atoms with Gasteiger partial charge in [0, 0.05) is 0 Å². The summed E-state index contributed by atoms with van der Waals surface area (Å²) in [7, 11) is -3.91. The van der Waals surface area contributed by atoms with Gasteiger partial charge in [0.1, 0.15) is 11.0 Å². The van der Waals surface area contributed by atoms with Crippen molar-refractivity contribution in [2.75, 3.05) is 6.26 Å². The Morgan fingerprint density at radius 2 is 2.00 bits per heavy atom. The van der Waals surface area contributed by atoms with Crippen LogP contribution >= 0.6 is 0 Å². The summed E-state index contributed by atoms with van der Waals surface area (Å²) in [5, 5.41) is 6.78. The van der Waals surface area contributed by atoms with Gasteiger partial charge in [-0.3, -0.25) is 4.28 Å². The first-order valence-corrected chi connectivity index (χ1v) is 6.31. The summed E-state index contributed by atoms with van der Waals surface area (Å²) in [6.07, 6.45) is -3.80. The van der Waals surface area contributed by atoms with Gasteiger partial charge < -0.3 is 0 Å². The van der Waals surface area contributed by atoms with Gasteiger partial charge in [0.05, 0.1) is 11.8 Å². The summed E-state index contributed by atoms with van der Waals surface area (Å²) < 4.78 is 63.6. The van der Waals surface area contributed by atoms with Crippen LogP contribution in [0.4, 0.5) is 13.2 Å². The highest BCUT2D eigenvalue weighted by molar-refractivity contribution is 7.86. The molecule has 0 fully saturated rings. The van der Waals surface area contributed by atoms with Crippen molar-refractivity contribution in [1.29, 1.82) is 0 Å². The van der Waals surface area contributed by atoms with E-state index in [0.29, 0.717) is 10.9 Å². The lowest BCUT2D eigenvalue weighted by molar-refractivity contribution is -0.137. The van der Waals surface area contributed by atoms with E-state index in [1.807, 2.05) is 0 Å². The molecule has 0 N–H and O–H groups in total. The number of rotatable bonds is 2. The first kappa shape index (κ1) is 12.6. The van der Waals surface area contributed by atoms with E-state index in [9.17, 15) is 21.6 Å². The van der Waals surface area contributed by atoms with Crippen LogP contribution in [0.25, 0.3) is 11.0 Å². The van der Waals surface area contributed by atoms with Crippen LogP contribution in [0.3, 0.4) is 0 Å². The molecule has 2 rings (SSSR count). The second kappa shape index (κ2) is 3.83. The lowest BCUT2D eigenvalue weighted by atomic mass is 10.2. The monoisotopic (exact) mass is 281 g/mol. The minimum absolute atomic E-state index is 0.0895. The van der Waals surface area contributed by atoms with Crippen LogP contribution in [0, 0.1) is 0 Å². The van der Waals surface area contributed by atoms with Crippen molar-refractivity contribution in [1.82, 2.24) is 15.2 Å². The molecule has 0 radical (unpaired) electrons. The van der Waals surface area contributed by atoms with Crippen molar-refractivity contribution >= 4 is 21.2 Å². The Kier molecular flexibility index (Phi) is 2.69. The summed E-state index contributed by atoms with van der Waals surface area (Å²) in [5.74, 6) is 0. The van der Waals surface area contributed by atoms with Crippen LogP contribution in [0.2, 0.25) is 0 Å². The lowest BCUT2D eigenvalue weighted by Crippen LogP contribution is -2.19. The summed E-state index contributed by atoms with van der Waals surface area (Å²) >= 11 is 0. The maximum absolute atomic E-state index is 12.5. The van der Waals surface area contributed by atoms with Gasteiger partial charge in [-0.25, -0.2) is 0 Å². The summed E-state index contributed by atoms with van der Waals surface area (Å²) in [6.45, 7) is 0. The standard InChI is InChI=1S/C8H6F3N3O3S/c1-18(15,16)17-14-7-4-5(8(9,10)11)2-3-6(7)12-13-14/h2-4H,1H3. The van der Waals surface area contributed by atoms with Crippen LogP contribution in [0.15, 0.2) is 18.2 Å². The van der Waals surface area contributed by atoms with E-state index >= 15 is 0 Å². The maximum Gasteiger partial charge on any atom is 0.416 e. The molecule has 0 amide bonds. The van der Waals surface area contributed by atoms with E-state index < -0.39 is 21.9 Å². The number of nitrogens with zero attached hydrogens (tertiary/aromatic N) is 3. The van der Waals surface area contributed by atoms with Crippen LogP contribution in [-0.2, 0) is 16.3 Å². The highest BCUT2D eigenvalue weighted by atomic mass is 32.2.